The topological polar surface area (TPSA) is 28.2 Å². The molecule has 3 nitrogen and oxygen atoms in total. The summed E-state index contributed by atoms with van der Waals surface area (Å²) in [6.07, 6.45) is 3.10. The summed E-state index contributed by atoms with van der Waals surface area (Å²) in [5.74, 6) is 0. The number of hydrogen-bond acceptors (Lipinski definition) is 4. The highest BCUT2D eigenvalue weighted by Crippen LogP contribution is 2.22. The zero-order valence-corrected chi connectivity index (χ0v) is 8.73. The van der Waals surface area contributed by atoms with Crippen molar-refractivity contribution in [1.29, 1.82) is 0 Å². The van der Waals surface area contributed by atoms with Gasteiger partial charge in [-0.3, -0.25) is 0 Å². The second-order valence-corrected chi connectivity index (χ2v) is 4.29. The molecule has 0 spiro atoms. The van der Waals surface area contributed by atoms with E-state index in [1.807, 2.05) is 17.5 Å². The van der Waals surface area contributed by atoms with E-state index >= 15 is 0 Å². The average Bonchev–Trinajstić information content (AvgIpc) is 2.67. The SMILES string of the molecule is CCc1cnc(N2CCNCC2)s1. The van der Waals surface area contributed by atoms with Crippen LogP contribution >= 0.6 is 11.3 Å². The molecule has 0 saturated carbocycles. The van der Waals surface area contributed by atoms with Crippen molar-refractivity contribution in [3.8, 4) is 0 Å². The van der Waals surface area contributed by atoms with E-state index in [1.165, 1.54) is 10.0 Å². The van der Waals surface area contributed by atoms with Crippen molar-refractivity contribution in [2.75, 3.05) is 31.1 Å². The highest BCUT2D eigenvalue weighted by atomic mass is 32.1. The number of aryl methyl sites for hydroxylation is 1. The molecule has 2 rings (SSSR count). The van der Waals surface area contributed by atoms with Gasteiger partial charge in [0.25, 0.3) is 0 Å². The predicted molar refractivity (Wildman–Crippen MR) is 56.6 cm³/mol. The lowest BCUT2D eigenvalue weighted by molar-refractivity contribution is 0.588. The van der Waals surface area contributed by atoms with Crippen molar-refractivity contribution in [3.63, 3.8) is 0 Å². The molecular formula is C9H15N3S. The third-order valence-electron chi connectivity index (χ3n) is 2.28. The molecule has 4 heteroatoms. The van der Waals surface area contributed by atoms with Gasteiger partial charge in [-0.1, -0.05) is 6.92 Å². The lowest BCUT2D eigenvalue weighted by Gasteiger charge is -2.26. The molecule has 1 saturated heterocycles. The third kappa shape index (κ3) is 2.00. The molecule has 0 aromatic carbocycles. The minimum atomic E-state index is 1.08. The lowest BCUT2D eigenvalue weighted by atomic mass is 10.4. The van der Waals surface area contributed by atoms with Gasteiger partial charge in [0.2, 0.25) is 0 Å². The van der Waals surface area contributed by atoms with Crippen LogP contribution in [0.2, 0.25) is 0 Å². The first-order chi connectivity index (χ1) is 6.40. The predicted octanol–water partition coefficient (Wildman–Crippen LogP) is 1.12. The molecule has 13 heavy (non-hydrogen) atoms. The number of aromatic nitrogens is 1. The summed E-state index contributed by atoms with van der Waals surface area (Å²) >= 11 is 1.83. The van der Waals surface area contributed by atoms with Crippen LogP contribution in [0.1, 0.15) is 11.8 Å². The summed E-state index contributed by atoms with van der Waals surface area (Å²) < 4.78 is 0. The number of nitrogens with zero attached hydrogens (tertiary/aromatic N) is 2. The van der Waals surface area contributed by atoms with Crippen LogP contribution in [0.5, 0.6) is 0 Å². The van der Waals surface area contributed by atoms with Gasteiger partial charge in [0, 0.05) is 37.3 Å². The highest BCUT2D eigenvalue weighted by Gasteiger charge is 2.12. The molecule has 0 aliphatic carbocycles. The average molecular weight is 197 g/mol. The minimum absolute atomic E-state index is 1.08. The third-order valence-corrected chi connectivity index (χ3v) is 3.48. The summed E-state index contributed by atoms with van der Waals surface area (Å²) in [6.45, 7) is 6.53. The Morgan fingerprint density at radius 1 is 1.54 bits per heavy atom. The molecule has 1 aliphatic heterocycles. The van der Waals surface area contributed by atoms with E-state index in [0.717, 1.165) is 32.6 Å². The van der Waals surface area contributed by atoms with Gasteiger partial charge < -0.3 is 10.2 Å². The standard InChI is InChI=1S/C9H15N3S/c1-2-8-7-11-9(13-8)12-5-3-10-4-6-12/h7,10H,2-6H2,1H3. The van der Waals surface area contributed by atoms with Gasteiger partial charge in [0.05, 0.1) is 0 Å². The van der Waals surface area contributed by atoms with Gasteiger partial charge in [-0.15, -0.1) is 11.3 Å². The van der Waals surface area contributed by atoms with Crippen LogP contribution in [-0.2, 0) is 6.42 Å². The zero-order chi connectivity index (χ0) is 9.10. The Morgan fingerprint density at radius 3 is 2.92 bits per heavy atom. The molecule has 72 valence electrons. The van der Waals surface area contributed by atoms with E-state index in [2.05, 4.69) is 22.1 Å². The van der Waals surface area contributed by atoms with Gasteiger partial charge in [-0.2, -0.15) is 0 Å². The largest absolute Gasteiger partial charge is 0.346 e. The molecule has 2 heterocycles. The molecule has 0 bridgehead atoms. The van der Waals surface area contributed by atoms with Crippen molar-refractivity contribution in [2.24, 2.45) is 0 Å². The first kappa shape index (κ1) is 8.97. The van der Waals surface area contributed by atoms with E-state index in [4.69, 9.17) is 0 Å². The smallest absolute Gasteiger partial charge is 0.185 e. The number of thiazole rings is 1. The molecule has 1 aliphatic rings. The molecule has 1 fully saturated rings. The van der Waals surface area contributed by atoms with Crippen molar-refractivity contribution < 1.29 is 0 Å². The molecule has 0 amide bonds. The number of rotatable bonds is 2. The van der Waals surface area contributed by atoms with Crippen molar-refractivity contribution in [2.45, 2.75) is 13.3 Å². The molecule has 1 N–H and O–H groups in total. The minimum Gasteiger partial charge on any atom is -0.346 e. The second-order valence-electron chi connectivity index (χ2n) is 3.20. The van der Waals surface area contributed by atoms with E-state index in [1.54, 1.807) is 0 Å². The van der Waals surface area contributed by atoms with Crippen molar-refractivity contribution in [3.05, 3.63) is 11.1 Å². The Hall–Kier alpha value is -0.610. The van der Waals surface area contributed by atoms with Crippen LogP contribution in [0.25, 0.3) is 0 Å². The zero-order valence-electron chi connectivity index (χ0n) is 7.92. The van der Waals surface area contributed by atoms with Crippen molar-refractivity contribution in [1.82, 2.24) is 10.3 Å². The van der Waals surface area contributed by atoms with Crippen LogP contribution in [-0.4, -0.2) is 31.2 Å². The highest BCUT2D eigenvalue weighted by molar-refractivity contribution is 7.15. The summed E-state index contributed by atoms with van der Waals surface area (Å²) in [7, 11) is 0. The van der Waals surface area contributed by atoms with Gasteiger partial charge >= 0.3 is 0 Å². The van der Waals surface area contributed by atoms with Crippen LogP contribution in [0.4, 0.5) is 5.13 Å². The molecule has 1 aromatic heterocycles. The number of anilines is 1. The maximum atomic E-state index is 4.43. The second kappa shape index (κ2) is 4.07. The lowest BCUT2D eigenvalue weighted by Crippen LogP contribution is -2.43. The van der Waals surface area contributed by atoms with Gasteiger partial charge in [-0.05, 0) is 6.42 Å². The first-order valence-electron chi connectivity index (χ1n) is 4.80. The van der Waals surface area contributed by atoms with Crippen LogP contribution in [0.15, 0.2) is 6.20 Å². The van der Waals surface area contributed by atoms with E-state index in [0.29, 0.717) is 0 Å². The Labute approximate surface area is 82.8 Å². The Kier molecular flexibility index (Phi) is 2.80. The Bertz CT molecular complexity index is 266. The summed E-state index contributed by atoms with van der Waals surface area (Å²) in [6, 6.07) is 0. The summed E-state index contributed by atoms with van der Waals surface area (Å²) in [4.78, 5) is 8.17. The summed E-state index contributed by atoms with van der Waals surface area (Å²) in [5.41, 5.74) is 0. The Morgan fingerprint density at radius 2 is 2.31 bits per heavy atom. The maximum absolute atomic E-state index is 4.43. The van der Waals surface area contributed by atoms with E-state index in [9.17, 15) is 0 Å². The fourth-order valence-electron chi connectivity index (χ4n) is 1.46. The van der Waals surface area contributed by atoms with Crippen molar-refractivity contribution >= 4 is 16.5 Å². The Balaban J connectivity index is 2.05. The number of piperazine rings is 1. The van der Waals surface area contributed by atoms with Gasteiger partial charge in [0.1, 0.15) is 0 Å². The van der Waals surface area contributed by atoms with Crippen LogP contribution in [0.3, 0.4) is 0 Å². The summed E-state index contributed by atoms with van der Waals surface area (Å²) in [5, 5.41) is 4.53. The molecular weight excluding hydrogens is 182 g/mol. The van der Waals surface area contributed by atoms with E-state index in [-0.39, 0.29) is 0 Å². The van der Waals surface area contributed by atoms with Gasteiger partial charge in [-0.25, -0.2) is 4.98 Å². The fraction of sp³-hybridized carbons (Fsp3) is 0.667. The monoisotopic (exact) mass is 197 g/mol. The quantitative estimate of drug-likeness (QED) is 0.770. The molecule has 0 atom stereocenters. The van der Waals surface area contributed by atoms with E-state index < -0.39 is 0 Å². The van der Waals surface area contributed by atoms with Gasteiger partial charge in [0.15, 0.2) is 5.13 Å². The first-order valence-corrected chi connectivity index (χ1v) is 5.62. The normalized spacial score (nSPS) is 17.8. The maximum Gasteiger partial charge on any atom is 0.185 e. The molecule has 0 unspecified atom stereocenters. The van der Waals surface area contributed by atoms with Crippen LogP contribution in [0, 0.1) is 0 Å². The fourth-order valence-corrected chi connectivity index (χ4v) is 2.36. The number of nitrogens with one attached hydrogen (secondary N) is 1. The number of hydrogen-bond donors (Lipinski definition) is 1. The van der Waals surface area contributed by atoms with Crippen LogP contribution < -0.4 is 10.2 Å². The molecule has 0 radical (unpaired) electrons. The molecule has 1 aromatic rings.